The van der Waals surface area contributed by atoms with Crippen molar-refractivity contribution in [2.24, 2.45) is 5.41 Å². The molecule has 1 atom stereocenters. The maximum atomic E-state index is 14.0. The first-order valence-corrected chi connectivity index (χ1v) is 11.2. The minimum absolute atomic E-state index is 0.0745. The van der Waals surface area contributed by atoms with Crippen LogP contribution >= 0.6 is 11.3 Å². The van der Waals surface area contributed by atoms with Gasteiger partial charge < -0.3 is 14.4 Å². The topological polar surface area (TPSA) is 94.3 Å². The molecule has 1 aliphatic heterocycles. The van der Waals surface area contributed by atoms with Gasteiger partial charge in [0.25, 0.3) is 0 Å². The number of rotatable bonds is 6. The summed E-state index contributed by atoms with van der Waals surface area (Å²) in [6.07, 6.45) is 2.56. The second kappa shape index (κ2) is 8.75. The number of ketones is 1. The lowest BCUT2D eigenvalue weighted by Gasteiger charge is -2.38. The van der Waals surface area contributed by atoms with Crippen LogP contribution < -0.4 is 10.2 Å². The Hall–Kier alpha value is -2.98. The number of carbonyl (C=O) groups excluding carboxylic acids is 1. The van der Waals surface area contributed by atoms with Crippen LogP contribution in [0.5, 0.6) is 5.75 Å². The summed E-state index contributed by atoms with van der Waals surface area (Å²) in [6.45, 7) is 3.55. The van der Waals surface area contributed by atoms with Gasteiger partial charge in [-0.1, -0.05) is 31.3 Å². The van der Waals surface area contributed by atoms with E-state index in [1.165, 1.54) is 19.2 Å². The molecule has 0 saturated heterocycles. The van der Waals surface area contributed by atoms with E-state index < -0.39 is 22.5 Å². The fourth-order valence-electron chi connectivity index (χ4n) is 4.21. The molecule has 0 spiro atoms. The fraction of sp³-hybridized carbons (Fsp3) is 0.391. The summed E-state index contributed by atoms with van der Waals surface area (Å²) in [5, 5.41) is 18.5. The van der Waals surface area contributed by atoms with E-state index in [1.807, 2.05) is 13.8 Å². The Morgan fingerprint density at radius 2 is 2.03 bits per heavy atom. The van der Waals surface area contributed by atoms with Gasteiger partial charge in [-0.3, -0.25) is 9.59 Å². The van der Waals surface area contributed by atoms with Crippen molar-refractivity contribution >= 4 is 17.1 Å². The standard InChI is InChI=1S/C23H23F2N3O4S/c1-23(2)10-14(6-7-29)28-11-15(19(30)20(32-3)18(28)21(23)31)22-27-26-17(33-22)8-12-4-5-13(24)9-16(12)25/h4-5,9,11,14,29H,6-8,10H2,1-3H3/t14-/m1/s1. The molecule has 0 amide bonds. The van der Waals surface area contributed by atoms with Crippen molar-refractivity contribution in [3.8, 4) is 16.3 Å². The number of halogens is 2. The van der Waals surface area contributed by atoms with Gasteiger partial charge >= 0.3 is 0 Å². The third-order valence-electron chi connectivity index (χ3n) is 5.88. The van der Waals surface area contributed by atoms with E-state index in [4.69, 9.17) is 4.74 Å². The largest absolute Gasteiger partial charge is 0.491 e. The van der Waals surface area contributed by atoms with Gasteiger partial charge in [0.05, 0.1) is 12.7 Å². The third-order valence-corrected chi connectivity index (χ3v) is 6.84. The van der Waals surface area contributed by atoms with E-state index in [0.29, 0.717) is 22.9 Å². The van der Waals surface area contributed by atoms with Crippen LogP contribution in [-0.2, 0) is 6.42 Å². The summed E-state index contributed by atoms with van der Waals surface area (Å²) in [5.74, 6) is -1.63. The number of nitrogens with zero attached hydrogens (tertiary/aromatic N) is 3. The van der Waals surface area contributed by atoms with Gasteiger partial charge in [-0.25, -0.2) is 8.78 Å². The van der Waals surface area contributed by atoms with Crippen LogP contribution in [0.3, 0.4) is 0 Å². The molecule has 3 aromatic rings. The first kappa shape index (κ1) is 23.2. The van der Waals surface area contributed by atoms with E-state index in [9.17, 15) is 23.5 Å². The maximum absolute atomic E-state index is 14.0. The van der Waals surface area contributed by atoms with Crippen molar-refractivity contribution in [2.45, 2.75) is 39.2 Å². The lowest BCUT2D eigenvalue weighted by molar-refractivity contribution is 0.0718. The third kappa shape index (κ3) is 4.20. The summed E-state index contributed by atoms with van der Waals surface area (Å²) in [7, 11) is 1.33. The highest BCUT2D eigenvalue weighted by atomic mass is 32.1. The molecule has 2 aromatic heterocycles. The Balaban J connectivity index is 1.79. The van der Waals surface area contributed by atoms with E-state index in [0.717, 1.165) is 17.4 Å². The molecule has 10 heteroatoms. The Morgan fingerprint density at radius 1 is 1.27 bits per heavy atom. The Bertz CT molecular complexity index is 1290. The highest BCUT2D eigenvalue weighted by Gasteiger charge is 2.42. The number of methoxy groups -OCH3 is 1. The lowest BCUT2D eigenvalue weighted by Crippen LogP contribution is -2.39. The van der Waals surface area contributed by atoms with Crippen LogP contribution in [0, 0.1) is 17.0 Å². The van der Waals surface area contributed by atoms with Crippen molar-refractivity contribution in [1.29, 1.82) is 0 Å². The first-order valence-electron chi connectivity index (χ1n) is 10.4. The number of aromatic nitrogens is 3. The van der Waals surface area contributed by atoms with Crippen molar-refractivity contribution in [3.05, 3.63) is 62.5 Å². The van der Waals surface area contributed by atoms with Crippen LogP contribution in [0.2, 0.25) is 0 Å². The SMILES string of the molecule is COc1c2n(cc(-c3nnc(Cc4ccc(F)cc4F)s3)c1=O)[C@H](CCO)CC(C)(C)C2=O. The quantitative estimate of drug-likeness (QED) is 0.583. The Morgan fingerprint density at radius 3 is 2.70 bits per heavy atom. The predicted octanol–water partition coefficient (Wildman–Crippen LogP) is 3.78. The minimum atomic E-state index is -0.712. The highest BCUT2D eigenvalue weighted by molar-refractivity contribution is 7.14. The molecule has 3 heterocycles. The van der Waals surface area contributed by atoms with Crippen LogP contribution in [-0.4, -0.2) is 39.4 Å². The molecule has 174 valence electrons. The molecular formula is C23H23F2N3O4S. The van der Waals surface area contributed by atoms with Gasteiger partial charge in [0.15, 0.2) is 16.5 Å². The van der Waals surface area contributed by atoms with E-state index in [2.05, 4.69) is 10.2 Å². The number of Topliss-reactive ketones (excluding diaryl/α,β-unsaturated/α-hetero) is 1. The molecule has 1 aromatic carbocycles. The number of hydrogen-bond donors (Lipinski definition) is 1. The zero-order valence-electron chi connectivity index (χ0n) is 18.4. The van der Waals surface area contributed by atoms with Gasteiger partial charge in [0.1, 0.15) is 22.3 Å². The van der Waals surface area contributed by atoms with E-state index >= 15 is 0 Å². The summed E-state index contributed by atoms with van der Waals surface area (Å²) < 4.78 is 34.3. The maximum Gasteiger partial charge on any atom is 0.234 e. The number of fused-ring (bicyclic) bond motifs is 1. The number of ether oxygens (including phenoxy) is 1. The number of aliphatic hydroxyl groups excluding tert-OH is 1. The second-order valence-corrected chi connectivity index (χ2v) is 9.72. The van der Waals surface area contributed by atoms with Gasteiger partial charge in [0, 0.05) is 36.7 Å². The van der Waals surface area contributed by atoms with Crippen molar-refractivity contribution in [3.63, 3.8) is 0 Å². The predicted molar refractivity (Wildman–Crippen MR) is 119 cm³/mol. The molecule has 4 rings (SSSR count). The second-order valence-electron chi connectivity index (χ2n) is 8.66. The van der Waals surface area contributed by atoms with E-state index in [-0.39, 0.29) is 47.4 Å². The fourth-order valence-corrected chi connectivity index (χ4v) is 5.08. The summed E-state index contributed by atoms with van der Waals surface area (Å²) in [4.78, 5) is 26.4. The summed E-state index contributed by atoms with van der Waals surface area (Å²) >= 11 is 1.11. The monoisotopic (exact) mass is 475 g/mol. The number of benzene rings is 1. The average molecular weight is 476 g/mol. The summed E-state index contributed by atoms with van der Waals surface area (Å²) in [6, 6.07) is 3.10. The molecule has 1 N–H and O–H groups in total. The van der Waals surface area contributed by atoms with Crippen molar-refractivity contribution < 1.29 is 23.4 Å². The number of hydrogen-bond acceptors (Lipinski definition) is 7. The summed E-state index contributed by atoms with van der Waals surface area (Å²) in [5.41, 5.74) is -0.563. The minimum Gasteiger partial charge on any atom is -0.491 e. The first-order chi connectivity index (χ1) is 15.7. The molecule has 1 aliphatic rings. The molecule has 0 radical (unpaired) electrons. The van der Waals surface area contributed by atoms with Crippen LogP contribution in [0.25, 0.3) is 10.6 Å². The van der Waals surface area contributed by atoms with Crippen molar-refractivity contribution in [1.82, 2.24) is 14.8 Å². The van der Waals surface area contributed by atoms with Gasteiger partial charge in [-0.15, -0.1) is 10.2 Å². The normalized spacial score (nSPS) is 17.2. The van der Waals surface area contributed by atoms with Crippen LogP contribution in [0.15, 0.2) is 29.2 Å². The zero-order chi connectivity index (χ0) is 23.9. The van der Waals surface area contributed by atoms with E-state index in [1.54, 1.807) is 10.8 Å². The number of aliphatic hydroxyl groups is 1. The molecule has 7 nitrogen and oxygen atoms in total. The number of carbonyl (C=O) groups is 1. The lowest BCUT2D eigenvalue weighted by atomic mass is 9.76. The van der Waals surface area contributed by atoms with Crippen LogP contribution in [0.1, 0.15) is 53.8 Å². The molecule has 0 unspecified atom stereocenters. The number of pyridine rings is 1. The van der Waals surface area contributed by atoms with Gasteiger partial charge in [-0.05, 0) is 24.5 Å². The molecule has 0 aliphatic carbocycles. The molecule has 33 heavy (non-hydrogen) atoms. The van der Waals surface area contributed by atoms with Gasteiger partial charge in [0.2, 0.25) is 5.43 Å². The van der Waals surface area contributed by atoms with Crippen molar-refractivity contribution in [2.75, 3.05) is 13.7 Å². The molecular weight excluding hydrogens is 452 g/mol. The Labute approximate surface area is 192 Å². The Kier molecular flexibility index (Phi) is 6.15. The highest BCUT2D eigenvalue weighted by Crippen LogP contribution is 2.42. The average Bonchev–Trinajstić information content (AvgIpc) is 3.22. The molecule has 0 saturated carbocycles. The van der Waals surface area contributed by atoms with Crippen LogP contribution in [0.4, 0.5) is 8.78 Å². The smallest absolute Gasteiger partial charge is 0.234 e. The molecule has 0 fully saturated rings. The molecule has 0 bridgehead atoms. The zero-order valence-corrected chi connectivity index (χ0v) is 19.2. The van der Waals surface area contributed by atoms with Gasteiger partial charge in [-0.2, -0.15) is 0 Å².